The molecule has 0 bridgehead atoms. The summed E-state index contributed by atoms with van der Waals surface area (Å²) < 4.78 is 13.5. The van der Waals surface area contributed by atoms with Crippen LogP contribution in [0.25, 0.3) is 0 Å². The Balaban J connectivity index is 1.58. The predicted molar refractivity (Wildman–Crippen MR) is 77.6 cm³/mol. The van der Waals surface area contributed by atoms with Crippen molar-refractivity contribution in [1.29, 1.82) is 0 Å². The highest BCUT2D eigenvalue weighted by molar-refractivity contribution is 5.79. The Bertz CT molecular complexity index is 546. The Morgan fingerprint density at radius 3 is 2.90 bits per heavy atom. The Morgan fingerprint density at radius 2 is 2.24 bits per heavy atom. The first kappa shape index (κ1) is 14.0. The van der Waals surface area contributed by atoms with E-state index >= 15 is 0 Å². The molecule has 2 heterocycles. The molecular weight excluding hydrogens is 273 g/mol. The van der Waals surface area contributed by atoms with Crippen molar-refractivity contribution in [3.63, 3.8) is 0 Å². The number of carbonyl (C=O) groups excluding carboxylic acids is 1. The fourth-order valence-electron chi connectivity index (χ4n) is 2.68. The number of hydrogen-bond acceptors (Lipinski definition) is 5. The van der Waals surface area contributed by atoms with Crippen LogP contribution in [0.5, 0.6) is 0 Å². The molecule has 0 radical (unpaired) electrons. The lowest BCUT2D eigenvalue weighted by atomic mass is 10.1. The van der Waals surface area contributed by atoms with E-state index in [1.54, 1.807) is 19.0 Å². The van der Waals surface area contributed by atoms with Crippen molar-refractivity contribution >= 4 is 17.7 Å². The van der Waals surface area contributed by atoms with Gasteiger partial charge < -0.3 is 15.1 Å². The first-order valence-corrected chi connectivity index (χ1v) is 7.28. The summed E-state index contributed by atoms with van der Waals surface area (Å²) in [6.07, 6.45) is 4.02. The van der Waals surface area contributed by atoms with E-state index in [0.29, 0.717) is 25.0 Å². The number of anilines is 2. The van der Waals surface area contributed by atoms with Crippen LogP contribution in [-0.2, 0) is 4.79 Å². The monoisotopic (exact) mass is 293 g/mol. The van der Waals surface area contributed by atoms with Gasteiger partial charge in [0, 0.05) is 45.6 Å². The summed E-state index contributed by atoms with van der Waals surface area (Å²) >= 11 is 0. The van der Waals surface area contributed by atoms with Gasteiger partial charge in [-0.3, -0.25) is 4.79 Å². The smallest absolute Gasteiger partial charge is 0.224 e. The topological polar surface area (TPSA) is 61.4 Å². The van der Waals surface area contributed by atoms with Crippen LogP contribution in [0.1, 0.15) is 19.3 Å². The number of nitrogens with one attached hydrogen (secondary N) is 1. The van der Waals surface area contributed by atoms with Gasteiger partial charge in [0.1, 0.15) is 0 Å². The lowest BCUT2D eigenvalue weighted by Crippen LogP contribution is -2.28. The Morgan fingerprint density at radius 1 is 1.48 bits per heavy atom. The molecule has 1 saturated carbocycles. The number of nitrogens with zero attached hydrogens (tertiary/aromatic N) is 4. The van der Waals surface area contributed by atoms with Gasteiger partial charge >= 0.3 is 0 Å². The Labute approximate surface area is 123 Å². The third kappa shape index (κ3) is 3.06. The first-order chi connectivity index (χ1) is 10.0. The zero-order chi connectivity index (χ0) is 15.0. The molecule has 1 saturated heterocycles. The maximum Gasteiger partial charge on any atom is 0.224 e. The standard InChI is InChI=1S/C14H20FN5O/c1-19(2)13-11(15)7-17-14(18-13)16-6-9-5-12(21)20(8-9)10-3-4-10/h7,9-10H,3-6,8H2,1-2H3,(H,16,17,18). The summed E-state index contributed by atoms with van der Waals surface area (Å²) in [6, 6.07) is 0.477. The molecule has 1 N–H and O–H groups in total. The zero-order valence-electron chi connectivity index (χ0n) is 12.3. The van der Waals surface area contributed by atoms with E-state index in [2.05, 4.69) is 15.3 Å². The second kappa shape index (κ2) is 5.46. The summed E-state index contributed by atoms with van der Waals surface area (Å²) in [5.41, 5.74) is 0. The average Bonchev–Trinajstić information content (AvgIpc) is 3.21. The fourth-order valence-corrected chi connectivity index (χ4v) is 2.68. The van der Waals surface area contributed by atoms with Gasteiger partial charge in [0.15, 0.2) is 11.6 Å². The van der Waals surface area contributed by atoms with Crippen LogP contribution >= 0.6 is 0 Å². The van der Waals surface area contributed by atoms with Crippen molar-refractivity contribution in [2.45, 2.75) is 25.3 Å². The van der Waals surface area contributed by atoms with Crippen LogP contribution in [0.3, 0.4) is 0 Å². The van der Waals surface area contributed by atoms with Gasteiger partial charge in [-0.1, -0.05) is 0 Å². The highest BCUT2D eigenvalue weighted by Crippen LogP contribution is 2.32. The van der Waals surface area contributed by atoms with Crippen molar-refractivity contribution in [3.8, 4) is 0 Å². The molecule has 1 aliphatic carbocycles. The third-order valence-corrected chi connectivity index (χ3v) is 3.92. The third-order valence-electron chi connectivity index (χ3n) is 3.92. The summed E-state index contributed by atoms with van der Waals surface area (Å²) in [5.74, 6) is 0.737. The van der Waals surface area contributed by atoms with Crippen LogP contribution in [0.2, 0.25) is 0 Å². The molecule has 1 atom stereocenters. The van der Waals surface area contributed by atoms with Gasteiger partial charge in [0.25, 0.3) is 0 Å². The summed E-state index contributed by atoms with van der Waals surface area (Å²) in [5, 5.41) is 3.12. The molecule has 1 aromatic heterocycles. The number of carbonyl (C=O) groups is 1. The van der Waals surface area contributed by atoms with Crippen LogP contribution in [-0.4, -0.2) is 54.0 Å². The predicted octanol–water partition coefficient (Wildman–Crippen LogP) is 1.10. The van der Waals surface area contributed by atoms with Crippen LogP contribution in [0.4, 0.5) is 16.2 Å². The highest BCUT2D eigenvalue weighted by atomic mass is 19.1. The van der Waals surface area contributed by atoms with Crippen molar-refractivity contribution < 1.29 is 9.18 Å². The molecule has 0 aromatic carbocycles. The van der Waals surface area contributed by atoms with E-state index in [1.165, 1.54) is 6.20 Å². The molecule has 3 rings (SSSR count). The van der Waals surface area contributed by atoms with Gasteiger partial charge in [0.2, 0.25) is 11.9 Å². The first-order valence-electron chi connectivity index (χ1n) is 7.28. The number of hydrogen-bond donors (Lipinski definition) is 1. The summed E-state index contributed by atoms with van der Waals surface area (Å²) in [4.78, 5) is 23.6. The summed E-state index contributed by atoms with van der Waals surface area (Å²) in [6.45, 7) is 1.44. The van der Waals surface area contributed by atoms with Gasteiger partial charge in [-0.05, 0) is 12.8 Å². The minimum atomic E-state index is -0.443. The maximum atomic E-state index is 13.5. The minimum Gasteiger partial charge on any atom is -0.360 e. The molecule has 6 nitrogen and oxygen atoms in total. The van der Waals surface area contributed by atoms with Crippen LogP contribution in [0, 0.1) is 11.7 Å². The van der Waals surface area contributed by atoms with Crippen LogP contribution in [0.15, 0.2) is 6.20 Å². The molecule has 7 heteroatoms. The van der Waals surface area contributed by atoms with E-state index < -0.39 is 5.82 Å². The van der Waals surface area contributed by atoms with Crippen molar-refractivity contribution in [3.05, 3.63) is 12.0 Å². The molecule has 1 unspecified atom stereocenters. The number of amides is 1. The van der Waals surface area contributed by atoms with Crippen molar-refractivity contribution in [2.24, 2.45) is 5.92 Å². The largest absolute Gasteiger partial charge is 0.360 e. The normalized spacial score (nSPS) is 21.8. The van der Waals surface area contributed by atoms with Gasteiger partial charge in [-0.15, -0.1) is 0 Å². The zero-order valence-corrected chi connectivity index (χ0v) is 12.3. The quantitative estimate of drug-likeness (QED) is 0.881. The number of aromatic nitrogens is 2. The molecule has 2 aliphatic rings. The van der Waals surface area contributed by atoms with Crippen LogP contribution < -0.4 is 10.2 Å². The molecule has 0 spiro atoms. The molecular formula is C14H20FN5O. The van der Waals surface area contributed by atoms with Crippen molar-refractivity contribution in [1.82, 2.24) is 14.9 Å². The van der Waals surface area contributed by atoms with Gasteiger partial charge in [0.05, 0.1) is 6.20 Å². The highest BCUT2D eigenvalue weighted by Gasteiger charge is 2.39. The van der Waals surface area contributed by atoms with E-state index in [-0.39, 0.29) is 17.6 Å². The van der Waals surface area contributed by atoms with E-state index in [0.717, 1.165) is 19.4 Å². The van der Waals surface area contributed by atoms with Gasteiger partial charge in [-0.2, -0.15) is 4.98 Å². The second-order valence-electron chi connectivity index (χ2n) is 5.99. The number of halogens is 1. The Kier molecular flexibility index (Phi) is 3.65. The molecule has 114 valence electrons. The SMILES string of the molecule is CN(C)c1nc(NCC2CC(=O)N(C3CC3)C2)ncc1F. The minimum absolute atomic E-state index is 0.248. The van der Waals surface area contributed by atoms with E-state index in [9.17, 15) is 9.18 Å². The molecule has 1 aromatic rings. The molecule has 1 aliphatic heterocycles. The molecule has 2 fully saturated rings. The molecule has 1 amide bonds. The van der Waals surface area contributed by atoms with Crippen molar-refractivity contribution in [2.75, 3.05) is 37.4 Å². The fraction of sp³-hybridized carbons (Fsp3) is 0.643. The average molecular weight is 293 g/mol. The maximum absolute atomic E-state index is 13.5. The lowest BCUT2D eigenvalue weighted by Gasteiger charge is -2.16. The number of likely N-dealkylation sites (tertiary alicyclic amines) is 1. The second-order valence-corrected chi connectivity index (χ2v) is 5.99. The lowest BCUT2D eigenvalue weighted by molar-refractivity contribution is -0.128. The Hall–Kier alpha value is -1.92. The molecule has 21 heavy (non-hydrogen) atoms. The van der Waals surface area contributed by atoms with E-state index in [4.69, 9.17) is 0 Å². The number of rotatable bonds is 5. The summed E-state index contributed by atoms with van der Waals surface area (Å²) in [7, 11) is 3.47. The van der Waals surface area contributed by atoms with Gasteiger partial charge in [-0.25, -0.2) is 9.37 Å². The van der Waals surface area contributed by atoms with E-state index in [1.807, 2.05) is 4.90 Å².